The molecule has 0 aliphatic rings. The molecule has 2 nitrogen and oxygen atoms in total. The number of isocyanates is 1. The van der Waals surface area contributed by atoms with Crippen LogP contribution in [0, 0.1) is 0 Å². The molecule has 0 aliphatic carbocycles. The standard InChI is InChI=1S/CAsNO/c2-3-1-4. The van der Waals surface area contributed by atoms with Gasteiger partial charge in [0.15, 0.2) is 0 Å². The van der Waals surface area contributed by atoms with Crippen LogP contribution in [0.5, 0.6) is 0 Å². The zero-order valence-electron chi connectivity index (χ0n) is 1.80. The summed E-state index contributed by atoms with van der Waals surface area (Å²) >= 11 is 1.74. The van der Waals surface area contributed by atoms with Crippen LogP contribution < -0.4 is 0 Å². The fraction of sp³-hybridized carbons (Fsp3) is 0. The number of hydrogen-bond acceptors (Lipinski definition) is 2. The van der Waals surface area contributed by atoms with Gasteiger partial charge in [0.2, 0.25) is 0 Å². The maximum atomic E-state index is 8.87. The third kappa shape index (κ3) is 1.94. The molecule has 0 atom stereocenters. The Bertz CT molecular complexity index is 46.0. The Hall–Kier alpha value is -0.0616. The average Bonchev–Trinajstić information content (AvgIpc) is 1.37. The number of rotatable bonds is 0. The first-order valence-corrected chi connectivity index (χ1v) is 1.47. The van der Waals surface area contributed by atoms with Crippen LogP contribution in [0.4, 0.5) is 0 Å². The summed E-state index contributed by atoms with van der Waals surface area (Å²) in [6.07, 6.45) is 1.28. The van der Waals surface area contributed by atoms with Gasteiger partial charge in [-0.05, 0) is 0 Å². The van der Waals surface area contributed by atoms with Crippen molar-refractivity contribution in [2.24, 2.45) is 3.91 Å². The van der Waals surface area contributed by atoms with Gasteiger partial charge in [0.1, 0.15) is 0 Å². The van der Waals surface area contributed by atoms with Gasteiger partial charge >= 0.3 is 31.9 Å². The second-order valence-corrected chi connectivity index (χ2v) is 0.611. The molecule has 0 N–H and O–H groups in total. The summed E-state index contributed by atoms with van der Waals surface area (Å²) in [5, 5.41) is 0. The van der Waals surface area contributed by atoms with Gasteiger partial charge in [-0.2, -0.15) is 0 Å². The van der Waals surface area contributed by atoms with Crippen molar-refractivity contribution < 1.29 is 4.79 Å². The first kappa shape index (κ1) is 3.94. The fourth-order valence-electron chi connectivity index (χ4n) is 0. The Balaban J connectivity index is 3.11. The molecule has 0 saturated heterocycles. The van der Waals surface area contributed by atoms with Crippen molar-refractivity contribution in [3.8, 4) is 0 Å². The van der Waals surface area contributed by atoms with Crippen LogP contribution in [-0.2, 0) is 4.79 Å². The Morgan fingerprint density at radius 2 is 2.25 bits per heavy atom. The van der Waals surface area contributed by atoms with Crippen LogP contribution in [0.3, 0.4) is 0 Å². The zero-order chi connectivity index (χ0) is 3.41. The minimum atomic E-state index is 1.28. The molecule has 0 saturated carbocycles. The van der Waals surface area contributed by atoms with Gasteiger partial charge < -0.3 is 0 Å². The van der Waals surface area contributed by atoms with E-state index in [9.17, 15) is 0 Å². The molecule has 0 aliphatic heterocycles. The van der Waals surface area contributed by atoms with E-state index < -0.39 is 0 Å². The van der Waals surface area contributed by atoms with Crippen LogP contribution in [0.25, 0.3) is 0 Å². The topological polar surface area (TPSA) is 29.4 Å². The van der Waals surface area contributed by atoms with E-state index in [1.54, 1.807) is 17.1 Å². The average molecular weight is 117 g/mol. The number of hydrogen-bond donors (Lipinski definition) is 0. The van der Waals surface area contributed by atoms with Crippen molar-refractivity contribution in [2.75, 3.05) is 0 Å². The summed E-state index contributed by atoms with van der Waals surface area (Å²) in [4.78, 5) is 8.87. The summed E-state index contributed by atoms with van der Waals surface area (Å²) in [5.41, 5.74) is 0. The van der Waals surface area contributed by atoms with E-state index in [-0.39, 0.29) is 0 Å². The van der Waals surface area contributed by atoms with E-state index in [0.29, 0.717) is 0 Å². The second-order valence-electron chi connectivity index (χ2n) is 0.191. The monoisotopic (exact) mass is 117 g/mol. The van der Waals surface area contributed by atoms with Crippen LogP contribution in [0.1, 0.15) is 0 Å². The SMILES string of the molecule is O=C=N[As]. The molecule has 0 spiro atoms. The normalized spacial score (nSPS) is 4.25. The summed E-state index contributed by atoms with van der Waals surface area (Å²) in [6, 6.07) is 0. The molecule has 20 valence electrons. The molecule has 0 rings (SSSR count). The number of nitrogens with zero attached hydrogens (tertiary/aromatic N) is 1. The van der Waals surface area contributed by atoms with E-state index in [0.717, 1.165) is 0 Å². The quantitative estimate of drug-likeness (QED) is 0.237. The van der Waals surface area contributed by atoms with E-state index >= 15 is 0 Å². The van der Waals surface area contributed by atoms with Crippen molar-refractivity contribution in [1.29, 1.82) is 0 Å². The molecule has 0 aromatic rings. The summed E-state index contributed by atoms with van der Waals surface area (Å²) < 4.78 is 2.87. The molecule has 4 heavy (non-hydrogen) atoms. The van der Waals surface area contributed by atoms with Gasteiger partial charge in [0.25, 0.3) is 0 Å². The molecule has 2 radical (unpaired) electrons. The minimum absolute atomic E-state index is 1.28. The van der Waals surface area contributed by atoms with Crippen molar-refractivity contribution in [3.05, 3.63) is 0 Å². The third-order valence-electron chi connectivity index (χ3n) is 0.0408. The zero-order valence-corrected chi connectivity index (χ0v) is 3.68. The molecule has 0 heterocycles. The van der Waals surface area contributed by atoms with Crippen LogP contribution in [0.15, 0.2) is 3.91 Å². The van der Waals surface area contributed by atoms with Gasteiger partial charge in [-0.3, -0.25) is 0 Å². The molecular weight excluding hydrogens is 117 g/mol. The van der Waals surface area contributed by atoms with Gasteiger partial charge in [-0.1, -0.05) is 0 Å². The van der Waals surface area contributed by atoms with E-state index in [4.69, 9.17) is 4.79 Å². The molecule has 0 unspecified atom stereocenters. The first-order chi connectivity index (χ1) is 1.91. The molecule has 0 aromatic carbocycles. The summed E-state index contributed by atoms with van der Waals surface area (Å²) in [6.45, 7) is 0. The van der Waals surface area contributed by atoms with E-state index in [1.165, 1.54) is 6.08 Å². The van der Waals surface area contributed by atoms with Gasteiger partial charge in [-0.25, -0.2) is 0 Å². The predicted octanol–water partition coefficient (Wildman–Crippen LogP) is -0.594. The van der Waals surface area contributed by atoms with E-state index in [2.05, 4.69) is 3.91 Å². The van der Waals surface area contributed by atoms with Gasteiger partial charge in [0, 0.05) is 0 Å². The number of carbonyl (C=O) groups excluding carboxylic acids is 1. The summed E-state index contributed by atoms with van der Waals surface area (Å²) in [5.74, 6) is 0. The fourth-order valence-corrected chi connectivity index (χ4v) is 0. The Labute approximate surface area is 32.6 Å². The van der Waals surface area contributed by atoms with Crippen molar-refractivity contribution >= 4 is 23.2 Å². The van der Waals surface area contributed by atoms with Crippen LogP contribution in [-0.4, -0.2) is 23.2 Å². The van der Waals surface area contributed by atoms with Crippen molar-refractivity contribution in [1.82, 2.24) is 0 Å². The molecular formula is CAsNO. The molecule has 0 amide bonds. The van der Waals surface area contributed by atoms with Gasteiger partial charge in [0.05, 0.1) is 0 Å². The molecule has 0 fully saturated rings. The van der Waals surface area contributed by atoms with Gasteiger partial charge in [-0.15, -0.1) is 0 Å². The van der Waals surface area contributed by atoms with Crippen LogP contribution in [0.2, 0.25) is 0 Å². The van der Waals surface area contributed by atoms with Crippen molar-refractivity contribution in [3.63, 3.8) is 0 Å². The predicted molar refractivity (Wildman–Crippen MR) is 13.9 cm³/mol. The molecule has 3 heteroatoms. The molecule has 0 aromatic heterocycles. The van der Waals surface area contributed by atoms with E-state index in [1.807, 2.05) is 0 Å². The van der Waals surface area contributed by atoms with Crippen LogP contribution >= 0.6 is 0 Å². The Morgan fingerprint density at radius 1 is 2.00 bits per heavy atom. The third-order valence-corrected chi connectivity index (χ3v) is 0.212. The summed E-state index contributed by atoms with van der Waals surface area (Å²) in [7, 11) is 0. The Morgan fingerprint density at radius 3 is 2.25 bits per heavy atom. The molecule has 0 bridgehead atoms. The Kier molecular flexibility index (Phi) is 2.89. The first-order valence-electron chi connectivity index (χ1n) is 0.628. The van der Waals surface area contributed by atoms with Crippen molar-refractivity contribution in [2.45, 2.75) is 0 Å². The second kappa shape index (κ2) is 2.94. The maximum absolute atomic E-state index is 8.87.